The maximum atomic E-state index is 5.36. The molecular formula is C19H25N3O. The molecule has 2 aromatic carbocycles. The van der Waals surface area contributed by atoms with Crippen LogP contribution in [-0.2, 0) is 13.0 Å². The third-order valence-corrected chi connectivity index (χ3v) is 3.65. The van der Waals surface area contributed by atoms with Crippen LogP contribution in [0.1, 0.15) is 16.7 Å². The van der Waals surface area contributed by atoms with Crippen LogP contribution in [0.5, 0.6) is 5.75 Å². The van der Waals surface area contributed by atoms with Gasteiger partial charge in [0.1, 0.15) is 5.75 Å². The number of hydrogen-bond donors (Lipinski definition) is 2. The average Bonchev–Trinajstić information content (AvgIpc) is 2.58. The average molecular weight is 311 g/mol. The third-order valence-electron chi connectivity index (χ3n) is 3.65. The molecule has 2 aromatic rings. The maximum Gasteiger partial charge on any atom is 0.191 e. The van der Waals surface area contributed by atoms with Crippen molar-refractivity contribution >= 4 is 5.96 Å². The van der Waals surface area contributed by atoms with Gasteiger partial charge in [-0.25, -0.2) is 0 Å². The van der Waals surface area contributed by atoms with Gasteiger partial charge in [-0.05, 0) is 25.0 Å². The smallest absolute Gasteiger partial charge is 0.191 e. The van der Waals surface area contributed by atoms with Gasteiger partial charge < -0.3 is 15.4 Å². The molecule has 2 N–H and O–H groups in total. The highest BCUT2D eigenvalue weighted by atomic mass is 16.5. The number of rotatable bonds is 6. The summed E-state index contributed by atoms with van der Waals surface area (Å²) in [6.45, 7) is 3.63. The van der Waals surface area contributed by atoms with Crippen molar-refractivity contribution in [3.8, 4) is 5.75 Å². The zero-order valence-electron chi connectivity index (χ0n) is 14.1. The first-order chi connectivity index (χ1) is 11.2. The van der Waals surface area contributed by atoms with E-state index in [2.05, 4.69) is 46.8 Å². The largest absolute Gasteiger partial charge is 0.496 e. The number of aliphatic imine (C=N–C) groups is 1. The lowest BCUT2D eigenvalue weighted by molar-refractivity contribution is 0.409. The topological polar surface area (TPSA) is 45.7 Å². The number of para-hydroxylation sites is 1. The van der Waals surface area contributed by atoms with E-state index in [4.69, 9.17) is 4.74 Å². The number of nitrogens with one attached hydrogen (secondary N) is 2. The number of benzene rings is 2. The van der Waals surface area contributed by atoms with Crippen molar-refractivity contribution in [3.63, 3.8) is 0 Å². The van der Waals surface area contributed by atoms with Crippen LogP contribution in [0.3, 0.4) is 0 Å². The Balaban J connectivity index is 1.82. The third kappa shape index (κ3) is 5.33. The SMILES string of the molecule is CN=C(NCCc1cccc(C)c1)NCc1ccccc1OC. The Morgan fingerprint density at radius 2 is 1.91 bits per heavy atom. The molecule has 0 spiro atoms. The molecule has 0 fully saturated rings. The molecular weight excluding hydrogens is 286 g/mol. The number of hydrogen-bond acceptors (Lipinski definition) is 2. The fourth-order valence-corrected chi connectivity index (χ4v) is 2.44. The van der Waals surface area contributed by atoms with Crippen LogP contribution in [0, 0.1) is 6.92 Å². The van der Waals surface area contributed by atoms with Crippen LogP contribution in [0.2, 0.25) is 0 Å². The second kappa shape index (κ2) is 8.83. The lowest BCUT2D eigenvalue weighted by Gasteiger charge is -2.13. The highest BCUT2D eigenvalue weighted by Gasteiger charge is 2.03. The Labute approximate surface area is 138 Å². The Kier molecular flexibility index (Phi) is 6.48. The van der Waals surface area contributed by atoms with Crippen LogP contribution in [0.4, 0.5) is 0 Å². The summed E-state index contributed by atoms with van der Waals surface area (Å²) in [7, 11) is 3.47. The van der Waals surface area contributed by atoms with Gasteiger partial charge in [-0.1, -0.05) is 48.0 Å². The fraction of sp³-hybridized carbons (Fsp3) is 0.316. The molecule has 4 heteroatoms. The lowest BCUT2D eigenvalue weighted by atomic mass is 10.1. The van der Waals surface area contributed by atoms with E-state index < -0.39 is 0 Å². The van der Waals surface area contributed by atoms with Crippen molar-refractivity contribution in [2.45, 2.75) is 19.9 Å². The normalized spacial score (nSPS) is 11.2. The molecule has 0 aliphatic heterocycles. The van der Waals surface area contributed by atoms with E-state index in [0.717, 1.165) is 30.2 Å². The predicted molar refractivity (Wildman–Crippen MR) is 96.1 cm³/mol. The van der Waals surface area contributed by atoms with Gasteiger partial charge in [-0.15, -0.1) is 0 Å². The summed E-state index contributed by atoms with van der Waals surface area (Å²) >= 11 is 0. The summed E-state index contributed by atoms with van der Waals surface area (Å²) in [5.41, 5.74) is 3.73. The fourth-order valence-electron chi connectivity index (χ4n) is 2.44. The minimum Gasteiger partial charge on any atom is -0.496 e. The minimum atomic E-state index is 0.675. The van der Waals surface area contributed by atoms with Crippen molar-refractivity contribution in [2.75, 3.05) is 20.7 Å². The number of guanidine groups is 1. The molecule has 0 aliphatic rings. The molecule has 23 heavy (non-hydrogen) atoms. The molecule has 2 rings (SSSR count). The summed E-state index contributed by atoms with van der Waals surface area (Å²) in [4.78, 5) is 4.26. The summed E-state index contributed by atoms with van der Waals surface area (Å²) in [5.74, 6) is 1.68. The van der Waals surface area contributed by atoms with Gasteiger partial charge in [-0.2, -0.15) is 0 Å². The Bertz CT molecular complexity index is 653. The molecule has 0 saturated heterocycles. The first kappa shape index (κ1) is 16.9. The number of aryl methyl sites for hydroxylation is 1. The van der Waals surface area contributed by atoms with Crippen LogP contribution in [0.15, 0.2) is 53.5 Å². The van der Waals surface area contributed by atoms with Gasteiger partial charge in [0.15, 0.2) is 5.96 Å². The molecule has 0 aliphatic carbocycles. The first-order valence-corrected chi connectivity index (χ1v) is 7.85. The second-order valence-corrected chi connectivity index (χ2v) is 5.40. The standard InChI is InChI=1S/C19H25N3O/c1-15-7-6-8-16(13-15)11-12-21-19(20-2)22-14-17-9-4-5-10-18(17)23-3/h4-10,13H,11-12,14H2,1-3H3,(H2,20,21,22). The zero-order chi connectivity index (χ0) is 16.5. The van der Waals surface area contributed by atoms with E-state index in [1.54, 1.807) is 14.2 Å². The molecule has 0 atom stereocenters. The Morgan fingerprint density at radius 1 is 1.09 bits per heavy atom. The lowest BCUT2D eigenvalue weighted by Crippen LogP contribution is -2.37. The zero-order valence-corrected chi connectivity index (χ0v) is 14.1. The van der Waals surface area contributed by atoms with E-state index in [0.29, 0.717) is 6.54 Å². The Morgan fingerprint density at radius 3 is 2.65 bits per heavy atom. The second-order valence-electron chi connectivity index (χ2n) is 5.40. The van der Waals surface area contributed by atoms with Crippen molar-refractivity contribution < 1.29 is 4.74 Å². The molecule has 122 valence electrons. The molecule has 0 bridgehead atoms. The van der Waals surface area contributed by atoms with E-state index in [9.17, 15) is 0 Å². The molecule has 0 aromatic heterocycles. The van der Waals surface area contributed by atoms with Crippen LogP contribution >= 0.6 is 0 Å². The summed E-state index contributed by atoms with van der Waals surface area (Å²) in [5, 5.41) is 6.66. The highest BCUT2D eigenvalue weighted by Crippen LogP contribution is 2.16. The monoisotopic (exact) mass is 311 g/mol. The van der Waals surface area contributed by atoms with Gasteiger partial charge in [0.05, 0.1) is 7.11 Å². The molecule has 0 radical (unpaired) electrons. The van der Waals surface area contributed by atoms with Crippen LogP contribution < -0.4 is 15.4 Å². The van der Waals surface area contributed by atoms with Crippen LogP contribution in [-0.4, -0.2) is 26.7 Å². The summed E-state index contributed by atoms with van der Waals surface area (Å²) in [6.07, 6.45) is 0.969. The van der Waals surface area contributed by atoms with Gasteiger partial charge in [-0.3, -0.25) is 4.99 Å². The molecule has 0 unspecified atom stereocenters. The molecule has 4 nitrogen and oxygen atoms in total. The van der Waals surface area contributed by atoms with Gasteiger partial charge in [0.2, 0.25) is 0 Å². The van der Waals surface area contributed by atoms with E-state index in [1.165, 1.54) is 11.1 Å². The minimum absolute atomic E-state index is 0.675. The van der Waals surface area contributed by atoms with Crippen molar-refractivity contribution in [1.82, 2.24) is 10.6 Å². The molecule has 0 amide bonds. The maximum absolute atomic E-state index is 5.36. The van der Waals surface area contributed by atoms with Gasteiger partial charge >= 0.3 is 0 Å². The number of methoxy groups -OCH3 is 1. The highest BCUT2D eigenvalue weighted by molar-refractivity contribution is 5.79. The summed E-state index contributed by atoms with van der Waals surface area (Å²) < 4.78 is 5.36. The van der Waals surface area contributed by atoms with Gasteiger partial charge in [0, 0.05) is 25.7 Å². The predicted octanol–water partition coefficient (Wildman–Crippen LogP) is 2.91. The number of ether oxygens (including phenoxy) is 1. The van der Waals surface area contributed by atoms with E-state index in [1.807, 2.05) is 24.3 Å². The van der Waals surface area contributed by atoms with Crippen molar-refractivity contribution in [3.05, 3.63) is 65.2 Å². The number of nitrogens with zero attached hydrogens (tertiary/aromatic N) is 1. The molecule has 0 heterocycles. The van der Waals surface area contributed by atoms with Crippen molar-refractivity contribution in [1.29, 1.82) is 0 Å². The summed E-state index contributed by atoms with van der Waals surface area (Å²) in [6, 6.07) is 16.6. The first-order valence-electron chi connectivity index (χ1n) is 7.85. The Hall–Kier alpha value is -2.49. The van der Waals surface area contributed by atoms with Crippen LogP contribution in [0.25, 0.3) is 0 Å². The van der Waals surface area contributed by atoms with E-state index in [-0.39, 0.29) is 0 Å². The van der Waals surface area contributed by atoms with Crippen molar-refractivity contribution in [2.24, 2.45) is 4.99 Å². The van der Waals surface area contributed by atoms with E-state index >= 15 is 0 Å². The van der Waals surface area contributed by atoms with Gasteiger partial charge in [0.25, 0.3) is 0 Å². The quantitative estimate of drug-likeness (QED) is 0.637. The molecule has 0 saturated carbocycles.